The summed E-state index contributed by atoms with van der Waals surface area (Å²) in [6.45, 7) is 13.7. The summed E-state index contributed by atoms with van der Waals surface area (Å²) in [4.78, 5) is 25.9. The largest absolute Gasteiger partial charge is 0.496 e. The number of para-hydroxylation sites is 2. The van der Waals surface area contributed by atoms with Gasteiger partial charge in [-0.15, -0.1) is 0 Å². The maximum Gasteiger partial charge on any atom is 0.238 e. The van der Waals surface area contributed by atoms with Crippen molar-refractivity contribution in [1.82, 2.24) is 29.5 Å². The lowest BCUT2D eigenvalue weighted by Crippen LogP contribution is -2.16. The average molecular weight is 923 g/mol. The molecular weight excluding hydrogens is 869 g/mol. The zero-order valence-electron chi connectivity index (χ0n) is 41.1. The van der Waals surface area contributed by atoms with Crippen LogP contribution in [0.3, 0.4) is 0 Å². The molecule has 7 nitrogen and oxygen atoms in total. The Morgan fingerprint density at radius 3 is 1.66 bits per heavy atom. The predicted octanol–water partition coefficient (Wildman–Crippen LogP) is 16.0. The van der Waals surface area contributed by atoms with Crippen LogP contribution in [0.5, 0.6) is 5.75 Å². The molecule has 4 heterocycles. The van der Waals surface area contributed by atoms with Gasteiger partial charge >= 0.3 is 0 Å². The minimum absolute atomic E-state index is 0.0439. The Kier molecular flexibility index (Phi) is 11.4. The van der Waals surface area contributed by atoms with E-state index in [0.29, 0.717) is 17.6 Å². The quantitative estimate of drug-likeness (QED) is 0.143. The first-order chi connectivity index (χ1) is 34.4. The number of ether oxygens (including phenoxy) is 1. The van der Waals surface area contributed by atoms with E-state index < -0.39 is 0 Å². The normalized spacial score (nSPS) is 11.9. The van der Waals surface area contributed by atoms with Crippen molar-refractivity contribution in [1.29, 1.82) is 0 Å². The van der Waals surface area contributed by atoms with Crippen molar-refractivity contribution in [2.24, 2.45) is 0 Å². The molecule has 0 amide bonds. The molecule has 0 spiro atoms. The van der Waals surface area contributed by atoms with Gasteiger partial charge in [0.25, 0.3) is 0 Å². The molecule has 4 aromatic heterocycles. The lowest BCUT2D eigenvalue weighted by atomic mass is 9.79. The summed E-state index contributed by atoms with van der Waals surface area (Å²) in [5.74, 6) is 2.53. The summed E-state index contributed by atoms with van der Waals surface area (Å²) in [6.07, 6.45) is 1.87. The number of benzene rings is 7. The Hall–Kier alpha value is -8.55. The lowest BCUT2D eigenvalue weighted by Gasteiger charge is -2.26. The van der Waals surface area contributed by atoms with E-state index in [4.69, 9.17) is 29.7 Å². The third kappa shape index (κ3) is 8.76. The van der Waals surface area contributed by atoms with Crippen LogP contribution in [-0.2, 0) is 10.8 Å². The van der Waals surface area contributed by atoms with Gasteiger partial charge in [-0.25, -0.2) is 9.97 Å². The second-order valence-electron chi connectivity index (χ2n) is 20.2. The van der Waals surface area contributed by atoms with Crippen molar-refractivity contribution >= 4 is 21.8 Å². The zero-order valence-corrected chi connectivity index (χ0v) is 41.1. The van der Waals surface area contributed by atoms with Crippen LogP contribution in [-0.4, -0.2) is 36.6 Å². The van der Waals surface area contributed by atoms with Gasteiger partial charge in [0, 0.05) is 50.4 Å². The number of rotatable bonds is 9. The van der Waals surface area contributed by atoms with Crippen molar-refractivity contribution in [3.63, 3.8) is 0 Å². The van der Waals surface area contributed by atoms with Crippen LogP contribution in [0.4, 0.5) is 0 Å². The standard InChI is InChI=1S/C64H54N6O/c1-63(2,3)48-35-46(36-49(40-48)64(4,5)6)47-37-54(66-55(38-47)53-27-15-17-30-58(53)71-7)44-24-18-25-45(34-44)59-50(28-19-33-65-59)43-31-32-52-51-26-14-16-29-56(51)70(57(52)39-43)62-68-60(41-20-10-8-11-21-41)67-61(69-62)42-22-12-9-13-23-42/h8-40H,1-7H3. The summed E-state index contributed by atoms with van der Waals surface area (Å²) in [5, 5.41) is 2.21. The number of fused-ring (bicyclic) bond motifs is 3. The van der Waals surface area contributed by atoms with Gasteiger partial charge in [0.15, 0.2) is 11.6 Å². The van der Waals surface area contributed by atoms with Crippen molar-refractivity contribution in [3.8, 4) is 90.5 Å². The first kappa shape index (κ1) is 44.9. The Labute approximate surface area is 415 Å². The minimum Gasteiger partial charge on any atom is -0.496 e. The molecule has 0 atom stereocenters. The number of aromatic nitrogens is 6. The van der Waals surface area contributed by atoms with Gasteiger partial charge in [-0.3, -0.25) is 9.55 Å². The van der Waals surface area contributed by atoms with Gasteiger partial charge in [0.05, 0.1) is 35.2 Å². The molecule has 0 aliphatic rings. The highest BCUT2D eigenvalue weighted by molar-refractivity contribution is 6.10. The van der Waals surface area contributed by atoms with Crippen LogP contribution in [0.1, 0.15) is 52.7 Å². The van der Waals surface area contributed by atoms with Crippen molar-refractivity contribution in [2.45, 2.75) is 52.4 Å². The lowest BCUT2D eigenvalue weighted by molar-refractivity contribution is 0.416. The number of pyridine rings is 2. The van der Waals surface area contributed by atoms with Gasteiger partial charge in [0.1, 0.15) is 5.75 Å². The van der Waals surface area contributed by atoms with E-state index in [1.165, 1.54) is 11.1 Å². The topological polar surface area (TPSA) is 78.6 Å². The van der Waals surface area contributed by atoms with Gasteiger partial charge < -0.3 is 4.74 Å². The molecule has 0 N–H and O–H groups in total. The van der Waals surface area contributed by atoms with Gasteiger partial charge in [-0.05, 0) is 87.2 Å². The molecular formula is C64H54N6O. The van der Waals surface area contributed by atoms with Crippen LogP contribution in [0.2, 0.25) is 0 Å². The summed E-state index contributed by atoms with van der Waals surface area (Å²) < 4.78 is 8.09. The zero-order chi connectivity index (χ0) is 48.9. The van der Waals surface area contributed by atoms with Crippen LogP contribution >= 0.6 is 0 Å². The summed E-state index contributed by atoms with van der Waals surface area (Å²) in [5.41, 5.74) is 16.0. The molecule has 7 aromatic carbocycles. The fourth-order valence-corrected chi connectivity index (χ4v) is 9.44. The molecule has 0 saturated carbocycles. The van der Waals surface area contributed by atoms with Gasteiger partial charge in [0.2, 0.25) is 5.95 Å². The van der Waals surface area contributed by atoms with E-state index in [0.717, 1.165) is 94.7 Å². The second kappa shape index (κ2) is 18.1. The van der Waals surface area contributed by atoms with Gasteiger partial charge in [-0.2, -0.15) is 9.97 Å². The molecule has 0 aliphatic heterocycles. The molecule has 11 aromatic rings. The van der Waals surface area contributed by atoms with Crippen molar-refractivity contribution in [2.75, 3.05) is 7.11 Å². The number of methoxy groups -OCH3 is 1. The average Bonchev–Trinajstić information content (AvgIpc) is 3.74. The highest BCUT2D eigenvalue weighted by Crippen LogP contribution is 2.41. The van der Waals surface area contributed by atoms with E-state index >= 15 is 0 Å². The first-order valence-corrected chi connectivity index (χ1v) is 24.2. The number of hydrogen-bond donors (Lipinski definition) is 0. The van der Waals surface area contributed by atoms with Crippen LogP contribution < -0.4 is 4.74 Å². The Balaban J connectivity index is 1.06. The summed E-state index contributed by atoms with van der Waals surface area (Å²) in [6, 6.07) is 67.7. The van der Waals surface area contributed by atoms with E-state index in [-0.39, 0.29) is 10.8 Å². The maximum absolute atomic E-state index is 5.91. The fourth-order valence-electron chi connectivity index (χ4n) is 9.44. The summed E-state index contributed by atoms with van der Waals surface area (Å²) in [7, 11) is 1.72. The molecule has 71 heavy (non-hydrogen) atoms. The van der Waals surface area contributed by atoms with E-state index in [2.05, 4.69) is 155 Å². The smallest absolute Gasteiger partial charge is 0.238 e. The van der Waals surface area contributed by atoms with E-state index in [1.54, 1.807) is 7.11 Å². The van der Waals surface area contributed by atoms with Crippen LogP contribution in [0, 0.1) is 0 Å². The molecule has 11 rings (SSSR count). The maximum atomic E-state index is 5.91. The summed E-state index contributed by atoms with van der Waals surface area (Å²) >= 11 is 0. The fraction of sp³-hybridized carbons (Fsp3) is 0.141. The minimum atomic E-state index is -0.0439. The van der Waals surface area contributed by atoms with Crippen molar-refractivity contribution < 1.29 is 4.74 Å². The molecule has 0 unspecified atom stereocenters. The monoisotopic (exact) mass is 922 g/mol. The molecule has 0 radical (unpaired) electrons. The Bertz CT molecular complexity index is 3680. The molecule has 7 heteroatoms. The second-order valence-corrected chi connectivity index (χ2v) is 20.2. The highest BCUT2D eigenvalue weighted by Gasteiger charge is 2.23. The third-order valence-electron chi connectivity index (χ3n) is 13.3. The van der Waals surface area contributed by atoms with Crippen molar-refractivity contribution in [3.05, 3.63) is 211 Å². The van der Waals surface area contributed by atoms with Crippen LogP contribution in [0.15, 0.2) is 200 Å². The molecule has 346 valence electrons. The number of hydrogen-bond acceptors (Lipinski definition) is 6. The Morgan fingerprint density at radius 2 is 0.972 bits per heavy atom. The Morgan fingerprint density at radius 1 is 0.394 bits per heavy atom. The molecule has 0 fully saturated rings. The van der Waals surface area contributed by atoms with Gasteiger partial charge in [-0.1, -0.05) is 187 Å². The van der Waals surface area contributed by atoms with E-state index in [9.17, 15) is 0 Å². The van der Waals surface area contributed by atoms with Crippen LogP contribution in [0.25, 0.3) is 107 Å². The molecule has 0 aliphatic carbocycles. The third-order valence-corrected chi connectivity index (χ3v) is 13.3. The highest BCUT2D eigenvalue weighted by atomic mass is 16.5. The first-order valence-electron chi connectivity index (χ1n) is 24.2. The molecule has 0 bridgehead atoms. The number of nitrogens with zero attached hydrogens (tertiary/aromatic N) is 6. The predicted molar refractivity (Wildman–Crippen MR) is 292 cm³/mol. The SMILES string of the molecule is COc1ccccc1-c1cc(-c2cc(C(C)(C)C)cc(C(C)(C)C)c2)cc(-c2cccc(-c3ncccc3-c3ccc4c5ccccc5n(-c5nc(-c6ccccc6)nc(-c6ccccc6)n5)c4c3)c2)n1. The van der Waals surface area contributed by atoms with E-state index in [1.807, 2.05) is 91.1 Å². The molecule has 0 saturated heterocycles.